The van der Waals surface area contributed by atoms with Crippen LogP contribution in [0.25, 0.3) is 11.0 Å². The van der Waals surface area contributed by atoms with Crippen molar-refractivity contribution < 1.29 is 14.7 Å². The topological polar surface area (TPSA) is 103 Å². The molecule has 0 saturated carbocycles. The highest BCUT2D eigenvalue weighted by Gasteiger charge is 2.31. The summed E-state index contributed by atoms with van der Waals surface area (Å²) in [5.74, 6) is 1.05. The molecule has 1 fully saturated rings. The number of imidazole rings is 1. The summed E-state index contributed by atoms with van der Waals surface area (Å²) < 4.78 is 1.91. The van der Waals surface area contributed by atoms with Crippen molar-refractivity contribution in [3.05, 3.63) is 59.7 Å². The molecule has 9 nitrogen and oxygen atoms in total. The van der Waals surface area contributed by atoms with E-state index in [4.69, 9.17) is 5.10 Å². The number of amidine groups is 1. The highest BCUT2D eigenvalue weighted by atomic mass is 16.3. The van der Waals surface area contributed by atoms with Gasteiger partial charge in [-0.3, -0.25) is 14.9 Å². The van der Waals surface area contributed by atoms with Gasteiger partial charge in [-0.1, -0.05) is 24.3 Å². The zero-order chi connectivity index (χ0) is 23.9. The molecule has 4 heterocycles. The van der Waals surface area contributed by atoms with Crippen molar-refractivity contribution in [3.8, 4) is 0 Å². The Labute approximate surface area is 203 Å². The van der Waals surface area contributed by atoms with Gasteiger partial charge in [-0.25, -0.2) is 9.99 Å². The first-order chi connectivity index (χ1) is 17.0. The molecule has 3 aliphatic heterocycles. The Balaban J connectivity index is 1.44. The van der Waals surface area contributed by atoms with E-state index in [0.29, 0.717) is 44.0 Å². The van der Waals surface area contributed by atoms with E-state index in [1.165, 1.54) is 5.01 Å². The molecule has 1 aromatic heterocycles. The van der Waals surface area contributed by atoms with Crippen LogP contribution in [0.3, 0.4) is 0 Å². The monoisotopic (exact) mass is 472 g/mol. The summed E-state index contributed by atoms with van der Waals surface area (Å²) in [6.45, 7) is 2.19. The normalized spacial score (nSPS) is 23.1. The minimum Gasteiger partial charge on any atom is -0.391 e. The van der Waals surface area contributed by atoms with E-state index in [1.807, 2.05) is 41.0 Å². The summed E-state index contributed by atoms with van der Waals surface area (Å²) in [4.78, 5) is 32.7. The molecule has 0 aliphatic carbocycles. The molecule has 35 heavy (non-hydrogen) atoms. The van der Waals surface area contributed by atoms with Gasteiger partial charge in [-0.2, -0.15) is 5.10 Å². The average molecular weight is 473 g/mol. The number of hydrazone groups is 1. The maximum absolute atomic E-state index is 13.2. The maximum Gasteiger partial charge on any atom is 0.257 e. The van der Waals surface area contributed by atoms with Crippen LogP contribution in [0.1, 0.15) is 41.6 Å². The SMILES string of the molecule is O=C1Nc2nc3ccccc3n2C[C@H](O)[C@H]2CCCN(C2)C2=NN(Cc3cccc1c3)C(=O)CC2. The molecule has 3 aromatic rings. The number of aromatic nitrogens is 2. The number of aliphatic hydroxyl groups excluding tert-OH is 1. The lowest BCUT2D eigenvalue weighted by molar-refractivity contribution is -0.132. The number of rotatable bonds is 0. The fourth-order valence-corrected chi connectivity index (χ4v) is 5.35. The summed E-state index contributed by atoms with van der Waals surface area (Å²) >= 11 is 0. The van der Waals surface area contributed by atoms with E-state index in [-0.39, 0.29) is 17.7 Å². The summed E-state index contributed by atoms with van der Waals surface area (Å²) in [6.07, 6.45) is 2.26. The molecule has 2 amide bonds. The van der Waals surface area contributed by atoms with Crippen LogP contribution >= 0.6 is 0 Å². The summed E-state index contributed by atoms with van der Waals surface area (Å²) in [7, 11) is 0. The Morgan fingerprint density at radius 2 is 1.91 bits per heavy atom. The van der Waals surface area contributed by atoms with E-state index in [1.54, 1.807) is 12.1 Å². The average Bonchev–Trinajstić information content (AvgIpc) is 3.21. The lowest BCUT2D eigenvalue weighted by Crippen LogP contribution is -2.47. The molecule has 2 N–H and O–H groups in total. The first-order valence-electron chi connectivity index (χ1n) is 12.2. The second-order valence-corrected chi connectivity index (χ2v) is 9.57. The van der Waals surface area contributed by atoms with Gasteiger partial charge in [0.25, 0.3) is 5.91 Å². The summed E-state index contributed by atoms with van der Waals surface area (Å²) in [5.41, 5.74) is 2.95. The molecular formula is C26H28N6O3. The fraction of sp³-hybridized carbons (Fsp3) is 0.385. The molecule has 0 radical (unpaired) electrons. The molecule has 180 valence electrons. The number of fused-ring (bicyclic) bond motifs is 9. The molecule has 2 aromatic carbocycles. The van der Waals surface area contributed by atoms with E-state index >= 15 is 0 Å². The largest absolute Gasteiger partial charge is 0.391 e. The maximum atomic E-state index is 13.2. The van der Waals surface area contributed by atoms with Crippen molar-refractivity contribution in [1.29, 1.82) is 0 Å². The van der Waals surface area contributed by atoms with Gasteiger partial charge in [0.15, 0.2) is 0 Å². The fourth-order valence-electron chi connectivity index (χ4n) is 5.35. The van der Waals surface area contributed by atoms with E-state index in [9.17, 15) is 14.7 Å². The van der Waals surface area contributed by atoms with Crippen molar-refractivity contribution in [2.45, 2.75) is 44.9 Å². The number of hydrogen-bond donors (Lipinski definition) is 2. The van der Waals surface area contributed by atoms with Gasteiger partial charge >= 0.3 is 0 Å². The minimum atomic E-state index is -0.621. The zero-order valence-electron chi connectivity index (χ0n) is 19.4. The first-order valence-corrected chi connectivity index (χ1v) is 12.2. The third kappa shape index (κ3) is 4.16. The minimum absolute atomic E-state index is 0.0213. The van der Waals surface area contributed by atoms with Crippen molar-refractivity contribution in [1.82, 2.24) is 19.5 Å². The highest BCUT2D eigenvalue weighted by molar-refractivity contribution is 6.04. The van der Waals surface area contributed by atoms with Gasteiger partial charge in [0.05, 0.1) is 30.2 Å². The standard InChI is InChI=1S/C26H28N6O3/c33-22-16-31-21-9-2-1-8-20(21)27-26(31)28-25(35)18-6-3-5-17(13-18)14-32-24(34)11-10-23(29-32)30-12-4-7-19(22)15-30/h1-3,5-6,8-9,13,19,22,33H,4,7,10-12,14-16H2,(H,27,28,35)/t19-,22-/m0/s1. The Kier molecular flexibility index (Phi) is 5.49. The predicted octanol–water partition coefficient (Wildman–Crippen LogP) is 2.81. The number of hydrogen-bond acceptors (Lipinski definition) is 6. The zero-order valence-corrected chi connectivity index (χ0v) is 19.4. The van der Waals surface area contributed by atoms with Crippen molar-refractivity contribution >= 4 is 34.6 Å². The number of piperidine rings is 1. The smallest absolute Gasteiger partial charge is 0.257 e. The van der Waals surface area contributed by atoms with Crippen LogP contribution < -0.4 is 5.32 Å². The van der Waals surface area contributed by atoms with Crippen molar-refractivity contribution in [2.75, 3.05) is 18.4 Å². The Bertz CT molecular complexity index is 1330. The molecule has 3 aliphatic rings. The van der Waals surface area contributed by atoms with Crippen LogP contribution in [0.2, 0.25) is 0 Å². The number of nitrogens with zero attached hydrogens (tertiary/aromatic N) is 5. The van der Waals surface area contributed by atoms with Gasteiger partial charge < -0.3 is 14.6 Å². The summed E-state index contributed by atoms with van der Waals surface area (Å²) in [5, 5.41) is 20.5. The molecule has 0 spiro atoms. The highest BCUT2D eigenvalue weighted by Crippen LogP contribution is 2.27. The second kappa shape index (κ2) is 8.81. The van der Waals surface area contributed by atoms with E-state index in [2.05, 4.69) is 15.2 Å². The van der Waals surface area contributed by atoms with Crippen LogP contribution in [0.5, 0.6) is 0 Å². The Morgan fingerprint density at radius 3 is 2.83 bits per heavy atom. The van der Waals surface area contributed by atoms with Crippen LogP contribution in [-0.4, -0.2) is 61.4 Å². The predicted molar refractivity (Wildman–Crippen MR) is 132 cm³/mol. The Morgan fingerprint density at radius 1 is 1.03 bits per heavy atom. The van der Waals surface area contributed by atoms with E-state index in [0.717, 1.165) is 41.8 Å². The lowest BCUT2D eigenvalue weighted by Gasteiger charge is -2.39. The number of aliphatic hydroxyl groups is 1. The summed E-state index contributed by atoms with van der Waals surface area (Å²) in [6, 6.07) is 15.0. The Hall–Kier alpha value is -3.72. The van der Waals surface area contributed by atoms with Crippen LogP contribution in [-0.2, 0) is 17.9 Å². The molecular weight excluding hydrogens is 444 g/mol. The quantitative estimate of drug-likeness (QED) is 0.524. The molecule has 9 heteroatoms. The van der Waals surface area contributed by atoms with Crippen LogP contribution in [0, 0.1) is 5.92 Å². The number of carbonyl (C=O) groups is 2. The second-order valence-electron chi connectivity index (χ2n) is 9.57. The van der Waals surface area contributed by atoms with Crippen molar-refractivity contribution in [3.63, 3.8) is 0 Å². The molecule has 0 unspecified atom stereocenters. The third-order valence-electron chi connectivity index (χ3n) is 7.22. The van der Waals surface area contributed by atoms with Gasteiger partial charge in [0.1, 0.15) is 5.84 Å². The number of nitrogens with one attached hydrogen (secondary N) is 1. The van der Waals surface area contributed by atoms with Crippen LogP contribution in [0.15, 0.2) is 53.6 Å². The van der Waals surface area contributed by atoms with Gasteiger partial charge in [0, 0.05) is 37.4 Å². The number of carbonyl (C=O) groups excluding carboxylic acids is 2. The third-order valence-corrected chi connectivity index (χ3v) is 7.22. The van der Waals surface area contributed by atoms with Crippen LogP contribution in [0.4, 0.5) is 5.95 Å². The molecule has 2 atom stereocenters. The van der Waals surface area contributed by atoms with Gasteiger partial charge in [-0.15, -0.1) is 0 Å². The number of para-hydroxylation sites is 2. The first kappa shape index (κ1) is 21.8. The number of amides is 2. The molecule has 6 rings (SSSR count). The number of anilines is 1. The molecule has 6 bridgehead atoms. The van der Waals surface area contributed by atoms with Gasteiger partial charge in [0.2, 0.25) is 11.9 Å². The van der Waals surface area contributed by atoms with E-state index < -0.39 is 6.10 Å². The molecule has 1 saturated heterocycles. The number of benzene rings is 2. The lowest BCUT2D eigenvalue weighted by atomic mass is 9.92. The van der Waals surface area contributed by atoms with Gasteiger partial charge in [-0.05, 0) is 42.7 Å². The van der Waals surface area contributed by atoms with Crippen molar-refractivity contribution in [2.24, 2.45) is 11.0 Å².